The Hall–Kier alpha value is -2.91. The summed E-state index contributed by atoms with van der Waals surface area (Å²) in [5.41, 5.74) is 4.30. The van der Waals surface area contributed by atoms with Gasteiger partial charge in [-0.1, -0.05) is 25.4 Å². The molecule has 0 saturated heterocycles. The zero-order chi connectivity index (χ0) is 19.0. The summed E-state index contributed by atoms with van der Waals surface area (Å²) in [6.07, 6.45) is 0. The highest BCUT2D eigenvalue weighted by Gasteiger charge is 2.19. The Balaban J connectivity index is 1.97. The van der Waals surface area contributed by atoms with Gasteiger partial charge in [0.15, 0.2) is 0 Å². The number of amides is 1. The number of hydrogen-bond acceptors (Lipinski definition) is 4. The summed E-state index contributed by atoms with van der Waals surface area (Å²) in [4.78, 5) is 16.8. The van der Waals surface area contributed by atoms with Crippen LogP contribution in [-0.2, 0) is 0 Å². The minimum absolute atomic E-state index is 0.0353. The van der Waals surface area contributed by atoms with Gasteiger partial charge in [0.1, 0.15) is 16.9 Å². The lowest BCUT2D eigenvalue weighted by atomic mass is 10.0. The number of anilines is 1. The first-order chi connectivity index (χ1) is 12.3. The van der Waals surface area contributed by atoms with Gasteiger partial charge in [0.05, 0.1) is 16.8 Å². The van der Waals surface area contributed by atoms with Gasteiger partial charge in [-0.15, -0.1) is 0 Å². The third-order valence-corrected chi connectivity index (χ3v) is 4.71. The van der Waals surface area contributed by atoms with E-state index in [2.05, 4.69) is 34.3 Å². The quantitative estimate of drug-likeness (QED) is 0.667. The number of nitrogens with one attached hydrogen (secondary N) is 2. The number of rotatable bonds is 3. The number of nitriles is 1. The highest BCUT2D eigenvalue weighted by molar-refractivity contribution is 6.31. The Kier molecular flexibility index (Phi) is 4.66. The molecule has 3 aromatic rings. The molecule has 0 unspecified atom stereocenters. The fourth-order valence-electron chi connectivity index (χ4n) is 2.85. The van der Waals surface area contributed by atoms with Crippen molar-refractivity contribution in [2.75, 3.05) is 5.32 Å². The maximum absolute atomic E-state index is 12.7. The number of fused-ring (bicyclic) bond motifs is 1. The Morgan fingerprint density at radius 2 is 2.04 bits per heavy atom. The van der Waals surface area contributed by atoms with E-state index in [9.17, 15) is 4.79 Å². The molecule has 1 aromatic carbocycles. The predicted molar refractivity (Wildman–Crippen MR) is 102 cm³/mol. The number of carbonyl (C=O) groups is 1. The molecule has 0 aliphatic rings. The molecule has 0 aliphatic carbocycles. The number of aromatic amines is 1. The highest BCUT2D eigenvalue weighted by atomic mass is 35.5. The van der Waals surface area contributed by atoms with Crippen molar-refractivity contribution in [2.24, 2.45) is 0 Å². The van der Waals surface area contributed by atoms with Crippen LogP contribution >= 0.6 is 11.6 Å². The molecule has 0 saturated carbocycles. The number of pyridine rings is 1. The topological polar surface area (TPSA) is 94.5 Å². The fourth-order valence-corrected chi connectivity index (χ4v) is 3.12. The van der Waals surface area contributed by atoms with E-state index in [1.54, 1.807) is 19.9 Å². The molecular formula is C19H18ClN5O. The number of nitrogens with zero attached hydrogens (tertiary/aromatic N) is 3. The van der Waals surface area contributed by atoms with E-state index in [1.165, 1.54) is 0 Å². The van der Waals surface area contributed by atoms with Gasteiger partial charge in [-0.05, 0) is 49.1 Å². The van der Waals surface area contributed by atoms with Gasteiger partial charge < -0.3 is 5.32 Å². The van der Waals surface area contributed by atoms with Gasteiger partial charge in [-0.2, -0.15) is 10.4 Å². The second-order valence-electron chi connectivity index (χ2n) is 6.47. The van der Waals surface area contributed by atoms with Crippen LogP contribution in [0.1, 0.15) is 52.6 Å². The third kappa shape index (κ3) is 3.02. The maximum Gasteiger partial charge on any atom is 0.274 e. The lowest BCUT2D eigenvalue weighted by Crippen LogP contribution is -2.17. The number of aromatic nitrogens is 3. The van der Waals surface area contributed by atoms with Crippen LogP contribution in [0.3, 0.4) is 0 Å². The summed E-state index contributed by atoms with van der Waals surface area (Å²) in [5.74, 6) is -0.107. The van der Waals surface area contributed by atoms with E-state index in [1.807, 2.05) is 18.2 Å². The van der Waals surface area contributed by atoms with Gasteiger partial charge >= 0.3 is 0 Å². The minimum Gasteiger partial charge on any atom is -0.321 e. The minimum atomic E-state index is -0.370. The summed E-state index contributed by atoms with van der Waals surface area (Å²) in [7, 11) is 0. The van der Waals surface area contributed by atoms with Crippen LogP contribution in [-0.4, -0.2) is 21.1 Å². The molecule has 1 amide bonds. The van der Waals surface area contributed by atoms with Crippen molar-refractivity contribution < 1.29 is 4.79 Å². The third-order valence-electron chi connectivity index (χ3n) is 4.43. The first-order valence-electron chi connectivity index (χ1n) is 8.19. The number of H-pyrrole nitrogens is 1. The lowest BCUT2D eigenvalue weighted by Gasteiger charge is -2.11. The molecule has 0 radical (unpaired) electrons. The van der Waals surface area contributed by atoms with Crippen molar-refractivity contribution >= 4 is 34.1 Å². The van der Waals surface area contributed by atoms with Crippen molar-refractivity contribution in [1.29, 1.82) is 5.26 Å². The summed E-state index contributed by atoms with van der Waals surface area (Å²) >= 11 is 6.05. The first-order valence-corrected chi connectivity index (χ1v) is 8.57. The molecule has 0 atom stereocenters. The predicted octanol–water partition coefficient (Wildman–Crippen LogP) is 4.48. The summed E-state index contributed by atoms with van der Waals surface area (Å²) in [5, 5.41) is 20.3. The first kappa shape index (κ1) is 17.9. The molecule has 2 heterocycles. The Morgan fingerprint density at radius 1 is 1.31 bits per heavy atom. The van der Waals surface area contributed by atoms with E-state index in [-0.39, 0.29) is 22.7 Å². The highest BCUT2D eigenvalue weighted by Crippen LogP contribution is 2.27. The fraction of sp³-hybridized carbons (Fsp3) is 0.263. The summed E-state index contributed by atoms with van der Waals surface area (Å²) < 4.78 is 0. The maximum atomic E-state index is 12.7. The number of carbonyl (C=O) groups excluding carboxylic acids is 1. The van der Waals surface area contributed by atoms with Crippen LogP contribution in [0.25, 0.3) is 10.9 Å². The van der Waals surface area contributed by atoms with E-state index in [4.69, 9.17) is 16.9 Å². The second-order valence-corrected chi connectivity index (χ2v) is 6.82. The SMILES string of the molecule is Cc1c(C(=O)Nc2ccc3[nH]nc(C(C)C)c3c2)nc(Cl)c(C#N)c1C. The van der Waals surface area contributed by atoms with Crippen molar-refractivity contribution in [2.45, 2.75) is 33.6 Å². The smallest absolute Gasteiger partial charge is 0.274 e. The number of hydrogen-bond donors (Lipinski definition) is 2. The number of benzene rings is 1. The standard InChI is InChI=1S/C19H18ClN5O/c1-9(2)16-13-7-12(5-6-15(13)24-25-16)22-19(26)17-11(4)10(3)14(8-21)18(20)23-17/h5-7,9H,1-4H3,(H,22,26)(H,24,25). The van der Waals surface area contributed by atoms with E-state index < -0.39 is 0 Å². The zero-order valence-corrected chi connectivity index (χ0v) is 15.7. The van der Waals surface area contributed by atoms with Crippen molar-refractivity contribution in [3.63, 3.8) is 0 Å². The normalized spacial score (nSPS) is 11.0. The Labute approximate surface area is 156 Å². The van der Waals surface area contributed by atoms with Crippen molar-refractivity contribution in [3.8, 4) is 6.07 Å². The average molecular weight is 368 g/mol. The summed E-state index contributed by atoms with van der Waals surface area (Å²) in [6, 6.07) is 7.58. The Morgan fingerprint density at radius 3 is 2.69 bits per heavy atom. The van der Waals surface area contributed by atoms with Crippen LogP contribution in [0.15, 0.2) is 18.2 Å². The van der Waals surface area contributed by atoms with Crippen LogP contribution < -0.4 is 5.32 Å². The molecule has 0 bridgehead atoms. The van der Waals surface area contributed by atoms with Gasteiger partial charge in [0, 0.05) is 11.1 Å². The molecule has 3 rings (SSSR count). The molecule has 0 aliphatic heterocycles. The average Bonchev–Trinajstić information content (AvgIpc) is 3.02. The summed E-state index contributed by atoms with van der Waals surface area (Å²) in [6.45, 7) is 7.64. The van der Waals surface area contributed by atoms with Crippen molar-refractivity contribution in [3.05, 3.63) is 51.4 Å². The van der Waals surface area contributed by atoms with Crippen LogP contribution in [0.5, 0.6) is 0 Å². The molecular weight excluding hydrogens is 350 g/mol. The molecule has 2 aromatic heterocycles. The molecule has 0 fully saturated rings. The monoisotopic (exact) mass is 367 g/mol. The molecule has 0 spiro atoms. The molecule has 2 N–H and O–H groups in total. The van der Waals surface area contributed by atoms with Crippen LogP contribution in [0, 0.1) is 25.2 Å². The second kappa shape index (κ2) is 6.77. The molecule has 26 heavy (non-hydrogen) atoms. The Bertz CT molecular complexity index is 1060. The molecule has 6 nitrogen and oxygen atoms in total. The molecule has 132 valence electrons. The zero-order valence-electron chi connectivity index (χ0n) is 14.9. The van der Waals surface area contributed by atoms with Crippen LogP contribution in [0.4, 0.5) is 5.69 Å². The van der Waals surface area contributed by atoms with Gasteiger partial charge in [0.25, 0.3) is 5.91 Å². The van der Waals surface area contributed by atoms with E-state index >= 15 is 0 Å². The van der Waals surface area contributed by atoms with Gasteiger partial charge in [-0.25, -0.2) is 4.98 Å². The lowest BCUT2D eigenvalue weighted by molar-refractivity contribution is 0.102. The van der Waals surface area contributed by atoms with Crippen LogP contribution in [0.2, 0.25) is 5.15 Å². The molecule has 7 heteroatoms. The van der Waals surface area contributed by atoms with Gasteiger partial charge in [-0.3, -0.25) is 9.89 Å². The number of halogens is 1. The largest absolute Gasteiger partial charge is 0.321 e. The van der Waals surface area contributed by atoms with E-state index in [0.29, 0.717) is 22.4 Å². The van der Waals surface area contributed by atoms with E-state index in [0.717, 1.165) is 16.6 Å². The van der Waals surface area contributed by atoms with Crippen molar-refractivity contribution in [1.82, 2.24) is 15.2 Å². The van der Waals surface area contributed by atoms with Gasteiger partial charge in [0.2, 0.25) is 0 Å².